The molecule has 16 heavy (non-hydrogen) atoms. The van der Waals surface area contributed by atoms with Gasteiger partial charge in [-0.15, -0.1) is 0 Å². The summed E-state index contributed by atoms with van der Waals surface area (Å²) in [5, 5.41) is 18.3. The Morgan fingerprint density at radius 3 is 2.56 bits per heavy atom. The number of aliphatic hydroxyl groups is 2. The minimum absolute atomic E-state index is 0.104. The van der Waals surface area contributed by atoms with Gasteiger partial charge in [-0.3, -0.25) is 0 Å². The Kier molecular flexibility index (Phi) is 3.59. The summed E-state index contributed by atoms with van der Waals surface area (Å²) >= 11 is 0. The van der Waals surface area contributed by atoms with Crippen molar-refractivity contribution in [3.8, 4) is 0 Å². The molecule has 1 aromatic carbocycles. The van der Waals surface area contributed by atoms with Gasteiger partial charge < -0.3 is 14.9 Å². The first-order valence-electron chi connectivity index (χ1n) is 5.64. The molecule has 1 fully saturated rings. The SMILES string of the molecule is OC[C@H]1C[C@]1(CO)COCc1ccccc1. The van der Waals surface area contributed by atoms with E-state index in [1.807, 2.05) is 30.3 Å². The van der Waals surface area contributed by atoms with Gasteiger partial charge in [0, 0.05) is 12.0 Å². The summed E-state index contributed by atoms with van der Waals surface area (Å²) in [5.41, 5.74) is 0.959. The highest BCUT2D eigenvalue weighted by Gasteiger charge is 2.53. The van der Waals surface area contributed by atoms with Crippen molar-refractivity contribution in [2.24, 2.45) is 11.3 Å². The van der Waals surface area contributed by atoms with Crippen LogP contribution in [0.2, 0.25) is 0 Å². The molecule has 1 aliphatic carbocycles. The first-order valence-corrected chi connectivity index (χ1v) is 5.64. The molecule has 88 valence electrons. The van der Waals surface area contributed by atoms with Gasteiger partial charge in [-0.1, -0.05) is 30.3 Å². The van der Waals surface area contributed by atoms with Crippen molar-refractivity contribution in [2.45, 2.75) is 13.0 Å². The van der Waals surface area contributed by atoms with Gasteiger partial charge in [-0.2, -0.15) is 0 Å². The molecule has 2 rings (SSSR count). The molecule has 0 bridgehead atoms. The molecule has 1 saturated carbocycles. The normalized spacial score (nSPS) is 28.0. The minimum atomic E-state index is -0.177. The summed E-state index contributed by atoms with van der Waals surface area (Å²) in [6, 6.07) is 9.97. The lowest BCUT2D eigenvalue weighted by Gasteiger charge is -2.14. The van der Waals surface area contributed by atoms with Crippen LogP contribution in [0.5, 0.6) is 0 Å². The van der Waals surface area contributed by atoms with E-state index >= 15 is 0 Å². The van der Waals surface area contributed by atoms with Gasteiger partial charge in [0.2, 0.25) is 0 Å². The van der Waals surface area contributed by atoms with E-state index in [0.717, 1.165) is 12.0 Å². The summed E-state index contributed by atoms with van der Waals surface area (Å²) < 4.78 is 5.60. The molecule has 0 aliphatic heterocycles. The molecule has 0 saturated heterocycles. The first kappa shape index (κ1) is 11.6. The van der Waals surface area contributed by atoms with Gasteiger partial charge in [0.1, 0.15) is 0 Å². The topological polar surface area (TPSA) is 49.7 Å². The zero-order valence-corrected chi connectivity index (χ0v) is 9.30. The van der Waals surface area contributed by atoms with E-state index in [9.17, 15) is 5.11 Å². The van der Waals surface area contributed by atoms with Gasteiger partial charge >= 0.3 is 0 Å². The summed E-state index contributed by atoms with van der Waals surface area (Å²) in [4.78, 5) is 0. The monoisotopic (exact) mass is 222 g/mol. The first-order chi connectivity index (χ1) is 7.80. The largest absolute Gasteiger partial charge is 0.396 e. The number of benzene rings is 1. The fraction of sp³-hybridized carbons (Fsp3) is 0.538. The molecule has 2 atom stereocenters. The zero-order valence-electron chi connectivity index (χ0n) is 9.30. The van der Waals surface area contributed by atoms with E-state index in [1.165, 1.54) is 0 Å². The molecule has 0 unspecified atom stereocenters. The summed E-state index contributed by atoms with van der Waals surface area (Å²) in [7, 11) is 0. The molecule has 3 nitrogen and oxygen atoms in total. The molecule has 0 spiro atoms. The Morgan fingerprint density at radius 1 is 1.25 bits per heavy atom. The van der Waals surface area contributed by atoms with Crippen LogP contribution < -0.4 is 0 Å². The molecule has 3 heteroatoms. The molecule has 0 aromatic heterocycles. The third-order valence-electron chi connectivity index (χ3n) is 3.40. The summed E-state index contributed by atoms with van der Waals surface area (Å²) in [5.74, 6) is 0.216. The van der Waals surface area contributed by atoms with Crippen LogP contribution >= 0.6 is 0 Å². The molecule has 1 aromatic rings. The predicted molar refractivity (Wildman–Crippen MR) is 60.8 cm³/mol. The van der Waals surface area contributed by atoms with E-state index < -0.39 is 0 Å². The van der Waals surface area contributed by atoms with Gasteiger partial charge in [0.05, 0.1) is 19.8 Å². The van der Waals surface area contributed by atoms with Crippen LogP contribution in [0.1, 0.15) is 12.0 Å². The van der Waals surface area contributed by atoms with Crippen LogP contribution in [0, 0.1) is 11.3 Å². The van der Waals surface area contributed by atoms with Crippen LogP contribution in [0.3, 0.4) is 0 Å². The number of rotatable bonds is 6. The molecule has 2 N–H and O–H groups in total. The minimum Gasteiger partial charge on any atom is -0.396 e. The van der Waals surface area contributed by atoms with Gasteiger partial charge in [-0.05, 0) is 17.9 Å². The Morgan fingerprint density at radius 2 is 2.00 bits per heavy atom. The lowest BCUT2D eigenvalue weighted by atomic mass is 10.1. The summed E-state index contributed by atoms with van der Waals surface area (Å²) in [6.45, 7) is 1.35. The highest BCUT2D eigenvalue weighted by Crippen LogP contribution is 2.51. The second kappa shape index (κ2) is 4.95. The van der Waals surface area contributed by atoms with Crippen LogP contribution in [0.25, 0.3) is 0 Å². The third-order valence-corrected chi connectivity index (χ3v) is 3.40. The molecule has 0 radical (unpaired) electrons. The number of hydrogen-bond acceptors (Lipinski definition) is 3. The molecule has 0 amide bonds. The fourth-order valence-electron chi connectivity index (χ4n) is 2.05. The van der Waals surface area contributed by atoms with Crippen molar-refractivity contribution < 1.29 is 14.9 Å². The molecular weight excluding hydrogens is 204 g/mol. The van der Waals surface area contributed by atoms with E-state index in [2.05, 4.69) is 0 Å². The zero-order chi connectivity index (χ0) is 11.4. The van der Waals surface area contributed by atoms with Crippen molar-refractivity contribution in [1.82, 2.24) is 0 Å². The van der Waals surface area contributed by atoms with Gasteiger partial charge in [0.25, 0.3) is 0 Å². The molecular formula is C13H18O3. The second-order valence-corrected chi connectivity index (χ2v) is 4.58. The average Bonchev–Trinajstić information content (AvgIpc) is 3.05. The Balaban J connectivity index is 1.76. The maximum atomic E-state index is 9.26. The summed E-state index contributed by atoms with van der Waals surface area (Å²) in [6.07, 6.45) is 0.870. The quantitative estimate of drug-likeness (QED) is 0.760. The average molecular weight is 222 g/mol. The lowest BCUT2D eigenvalue weighted by molar-refractivity contribution is 0.0388. The van der Waals surface area contributed by atoms with Crippen molar-refractivity contribution in [3.05, 3.63) is 35.9 Å². The van der Waals surface area contributed by atoms with Crippen molar-refractivity contribution in [1.29, 1.82) is 0 Å². The van der Waals surface area contributed by atoms with Gasteiger partial charge in [-0.25, -0.2) is 0 Å². The van der Waals surface area contributed by atoms with E-state index in [1.54, 1.807) is 0 Å². The van der Waals surface area contributed by atoms with Crippen molar-refractivity contribution in [3.63, 3.8) is 0 Å². The third kappa shape index (κ3) is 2.43. The standard InChI is InChI=1S/C13H18O3/c14-7-12-6-13(12,9-15)10-16-8-11-4-2-1-3-5-11/h1-5,12,14-15H,6-10H2/t12-,13+/m1/s1. The number of aliphatic hydroxyl groups excluding tert-OH is 2. The van der Waals surface area contributed by atoms with E-state index in [0.29, 0.717) is 13.2 Å². The van der Waals surface area contributed by atoms with Crippen LogP contribution in [-0.2, 0) is 11.3 Å². The van der Waals surface area contributed by atoms with E-state index in [-0.39, 0.29) is 24.5 Å². The fourth-order valence-corrected chi connectivity index (χ4v) is 2.05. The predicted octanol–water partition coefficient (Wildman–Crippen LogP) is 1.19. The Labute approximate surface area is 95.7 Å². The smallest absolute Gasteiger partial charge is 0.0717 e. The Hall–Kier alpha value is -0.900. The van der Waals surface area contributed by atoms with Gasteiger partial charge in [0.15, 0.2) is 0 Å². The van der Waals surface area contributed by atoms with Crippen LogP contribution in [0.4, 0.5) is 0 Å². The maximum absolute atomic E-state index is 9.26. The molecule has 0 heterocycles. The second-order valence-electron chi connectivity index (χ2n) is 4.58. The lowest BCUT2D eigenvalue weighted by Crippen LogP contribution is -2.19. The Bertz CT molecular complexity index is 325. The van der Waals surface area contributed by atoms with Crippen molar-refractivity contribution >= 4 is 0 Å². The molecule has 1 aliphatic rings. The highest BCUT2D eigenvalue weighted by molar-refractivity contribution is 5.13. The van der Waals surface area contributed by atoms with Crippen LogP contribution in [0.15, 0.2) is 30.3 Å². The number of hydrogen-bond donors (Lipinski definition) is 2. The highest BCUT2D eigenvalue weighted by atomic mass is 16.5. The van der Waals surface area contributed by atoms with E-state index in [4.69, 9.17) is 9.84 Å². The number of ether oxygens (including phenoxy) is 1. The van der Waals surface area contributed by atoms with Crippen molar-refractivity contribution in [2.75, 3.05) is 19.8 Å². The maximum Gasteiger partial charge on any atom is 0.0717 e. The van der Waals surface area contributed by atoms with Crippen LogP contribution in [-0.4, -0.2) is 30.0 Å².